The standard InChI is InChI=1S/C21H19ClN4O5/c1-30-13-6-7-14(17(9-13)31-2)15-10-16(25-24-15)18-19(27)23-21(29)26(20(18)28)12-5-3-4-11(22)8-12/h3-9,15,24,28H,10H2,1-2H3,(H,23,27,29)/t15-/m1/s1. The van der Waals surface area contributed by atoms with Crippen LogP contribution in [0.3, 0.4) is 0 Å². The minimum Gasteiger partial charge on any atom is -0.497 e. The molecule has 31 heavy (non-hydrogen) atoms. The molecule has 0 aliphatic carbocycles. The first-order valence-corrected chi connectivity index (χ1v) is 9.69. The number of aromatic amines is 1. The Labute approximate surface area is 181 Å². The lowest BCUT2D eigenvalue weighted by atomic mass is 9.99. The number of hydrogen-bond donors (Lipinski definition) is 3. The summed E-state index contributed by atoms with van der Waals surface area (Å²) in [7, 11) is 3.11. The van der Waals surface area contributed by atoms with Gasteiger partial charge in [-0.25, -0.2) is 9.36 Å². The summed E-state index contributed by atoms with van der Waals surface area (Å²) in [6.45, 7) is 0. The fourth-order valence-corrected chi connectivity index (χ4v) is 3.71. The summed E-state index contributed by atoms with van der Waals surface area (Å²) in [5, 5.41) is 15.5. The molecule has 0 amide bonds. The van der Waals surface area contributed by atoms with E-state index in [1.165, 1.54) is 6.07 Å². The topological polar surface area (TPSA) is 118 Å². The van der Waals surface area contributed by atoms with E-state index in [0.29, 0.717) is 27.9 Å². The van der Waals surface area contributed by atoms with Crippen LogP contribution in [0.15, 0.2) is 57.2 Å². The van der Waals surface area contributed by atoms with Crippen molar-refractivity contribution in [1.82, 2.24) is 15.0 Å². The summed E-state index contributed by atoms with van der Waals surface area (Å²) in [6, 6.07) is 11.4. The molecule has 3 aromatic rings. The maximum Gasteiger partial charge on any atom is 0.335 e. The molecule has 1 atom stereocenters. The van der Waals surface area contributed by atoms with Gasteiger partial charge in [-0.3, -0.25) is 9.78 Å². The first kappa shape index (κ1) is 20.5. The van der Waals surface area contributed by atoms with Crippen molar-refractivity contribution >= 4 is 17.3 Å². The first-order chi connectivity index (χ1) is 14.9. The molecule has 160 valence electrons. The Balaban J connectivity index is 1.73. The molecule has 1 aromatic heterocycles. The van der Waals surface area contributed by atoms with Gasteiger partial charge in [-0.05, 0) is 30.3 Å². The van der Waals surface area contributed by atoms with Crippen LogP contribution in [0.5, 0.6) is 17.4 Å². The highest BCUT2D eigenvalue weighted by molar-refractivity contribution is 6.30. The number of halogens is 1. The summed E-state index contributed by atoms with van der Waals surface area (Å²) >= 11 is 6.01. The van der Waals surface area contributed by atoms with Crippen LogP contribution in [-0.2, 0) is 0 Å². The van der Waals surface area contributed by atoms with Gasteiger partial charge in [0.1, 0.15) is 17.1 Å². The highest BCUT2D eigenvalue weighted by atomic mass is 35.5. The van der Waals surface area contributed by atoms with Crippen molar-refractivity contribution in [2.24, 2.45) is 5.10 Å². The highest BCUT2D eigenvalue weighted by Crippen LogP contribution is 2.34. The Hall–Kier alpha value is -3.72. The molecule has 0 unspecified atom stereocenters. The molecule has 1 aliphatic heterocycles. The normalized spacial score (nSPS) is 15.3. The summed E-state index contributed by atoms with van der Waals surface area (Å²) in [4.78, 5) is 27.2. The summed E-state index contributed by atoms with van der Waals surface area (Å²) in [5.41, 5.74) is 2.78. The van der Waals surface area contributed by atoms with E-state index in [1.807, 2.05) is 6.07 Å². The Kier molecular flexibility index (Phi) is 5.43. The zero-order valence-electron chi connectivity index (χ0n) is 16.7. The van der Waals surface area contributed by atoms with Gasteiger partial charge >= 0.3 is 5.69 Å². The number of nitrogens with zero attached hydrogens (tertiary/aromatic N) is 2. The lowest BCUT2D eigenvalue weighted by Crippen LogP contribution is -2.33. The van der Waals surface area contributed by atoms with Gasteiger partial charge in [-0.2, -0.15) is 5.10 Å². The number of rotatable bonds is 5. The van der Waals surface area contributed by atoms with Crippen molar-refractivity contribution in [3.63, 3.8) is 0 Å². The van der Waals surface area contributed by atoms with Gasteiger partial charge in [0, 0.05) is 23.1 Å². The predicted molar refractivity (Wildman–Crippen MR) is 116 cm³/mol. The van der Waals surface area contributed by atoms with E-state index >= 15 is 0 Å². The van der Waals surface area contributed by atoms with Gasteiger partial charge in [0.15, 0.2) is 0 Å². The third kappa shape index (κ3) is 3.75. The number of benzene rings is 2. The number of methoxy groups -OCH3 is 2. The lowest BCUT2D eigenvalue weighted by molar-refractivity contribution is 0.386. The Morgan fingerprint density at radius 2 is 1.97 bits per heavy atom. The number of nitrogens with one attached hydrogen (secondary N) is 2. The van der Waals surface area contributed by atoms with Gasteiger partial charge < -0.3 is 20.0 Å². The SMILES string of the molecule is COc1ccc([C@H]2CC(c3c(O)n(-c4cccc(Cl)c4)c(=O)[nH]c3=O)=NN2)c(OC)c1. The maximum atomic E-state index is 12.5. The fraction of sp³-hybridized carbons (Fsp3) is 0.190. The Morgan fingerprint density at radius 3 is 2.68 bits per heavy atom. The van der Waals surface area contributed by atoms with Crippen molar-refractivity contribution < 1.29 is 14.6 Å². The van der Waals surface area contributed by atoms with Crippen LogP contribution in [0.2, 0.25) is 5.02 Å². The quantitative estimate of drug-likeness (QED) is 0.558. The zero-order chi connectivity index (χ0) is 22.1. The monoisotopic (exact) mass is 442 g/mol. The number of aromatic nitrogens is 2. The third-order valence-corrected chi connectivity index (χ3v) is 5.24. The zero-order valence-corrected chi connectivity index (χ0v) is 17.4. The second kappa shape index (κ2) is 8.19. The van der Waals surface area contributed by atoms with Crippen LogP contribution < -0.4 is 26.1 Å². The van der Waals surface area contributed by atoms with Crippen LogP contribution in [-0.4, -0.2) is 34.6 Å². The van der Waals surface area contributed by atoms with E-state index in [1.54, 1.807) is 44.6 Å². The van der Waals surface area contributed by atoms with Gasteiger partial charge in [0.25, 0.3) is 5.56 Å². The number of hydrogen-bond acceptors (Lipinski definition) is 7. The van der Waals surface area contributed by atoms with Crippen LogP contribution in [0, 0.1) is 0 Å². The molecule has 10 heteroatoms. The molecule has 0 spiro atoms. The van der Waals surface area contributed by atoms with Crippen molar-refractivity contribution in [1.29, 1.82) is 0 Å². The lowest BCUT2D eigenvalue weighted by Gasteiger charge is -2.16. The molecule has 0 saturated carbocycles. The summed E-state index contributed by atoms with van der Waals surface area (Å²) < 4.78 is 11.6. The van der Waals surface area contributed by atoms with Crippen LogP contribution in [0.25, 0.3) is 5.69 Å². The molecule has 2 aromatic carbocycles. The van der Waals surface area contributed by atoms with Gasteiger partial charge in [0.2, 0.25) is 5.88 Å². The molecule has 2 heterocycles. The van der Waals surface area contributed by atoms with E-state index in [9.17, 15) is 14.7 Å². The van der Waals surface area contributed by atoms with Crippen LogP contribution in [0.1, 0.15) is 23.6 Å². The number of ether oxygens (including phenoxy) is 2. The predicted octanol–water partition coefficient (Wildman–Crippen LogP) is 2.34. The molecular formula is C21H19ClN4O5. The smallest absolute Gasteiger partial charge is 0.335 e. The molecule has 0 saturated heterocycles. The van der Waals surface area contributed by atoms with Crippen LogP contribution in [0.4, 0.5) is 0 Å². The van der Waals surface area contributed by atoms with Crippen molar-refractivity contribution in [2.45, 2.75) is 12.5 Å². The summed E-state index contributed by atoms with van der Waals surface area (Å²) in [6.07, 6.45) is 0.285. The van der Waals surface area contributed by atoms with Crippen molar-refractivity contribution in [3.8, 4) is 23.1 Å². The van der Waals surface area contributed by atoms with Gasteiger partial charge in [0.05, 0.1) is 31.7 Å². The molecule has 1 aliphatic rings. The molecule has 9 nitrogen and oxygen atoms in total. The minimum atomic E-state index is -0.784. The minimum absolute atomic E-state index is 0.0953. The second-order valence-corrected chi connectivity index (χ2v) is 7.26. The van der Waals surface area contributed by atoms with Crippen molar-refractivity contribution in [2.75, 3.05) is 14.2 Å². The summed E-state index contributed by atoms with van der Waals surface area (Å²) in [5.74, 6) is 0.719. The maximum absolute atomic E-state index is 12.5. The van der Waals surface area contributed by atoms with Gasteiger partial charge in [-0.15, -0.1) is 0 Å². The highest BCUT2D eigenvalue weighted by Gasteiger charge is 2.29. The molecule has 3 N–H and O–H groups in total. The van der Waals surface area contributed by atoms with E-state index in [0.717, 1.165) is 10.1 Å². The van der Waals surface area contributed by atoms with Gasteiger partial charge in [-0.1, -0.05) is 17.7 Å². The average molecular weight is 443 g/mol. The van der Waals surface area contributed by atoms with E-state index in [2.05, 4.69) is 15.5 Å². The average Bonchev–Trinajstić information content (AvgIpc) is 3.22. The van der Waals surface area contributed by atoms with E-state index in [-0.39, 0.29) is 18.0 Å². The Morgan fingerprint density at radius 1 is 1.16 bits per heavy atom. The molecule has 0 fully saturated rings. The molecule has 4 rings (SSSR count). The third-order valence-electron chi connectivity index (χ3n) is 5.01. The largest absolute Gasteiger partial charge is 0.497 e. The number of H-pyrrole nitrogens is 1. The Bertz CT molecular complexity index is 1300. The fourth-order valence-electron chi connectivity index (χ4n) is 3.52. The molecule has 0 radical (unpaired) electrons. The van der Waals surface area contributed by atoms with Crippen molar-refractivity contribution in [3.05, 3.63) is 79.5 Å². The van der Waals surface area contributed by atoms with E-state index in [4.69, 9.17) is 21.1 Å². The molecule has 0 bridgehead atoms. The second-order valence-electron chi connectivity index (χ2n) is 6.83. The van der Waals surface area contributed by atoms with Crippen LogP contribution >= 0.6 is 11.6 Å². The van der Waals surface area contributed by atoms with E-state index < -0.39 is 17.1 Å². The molecular weight excluding hydrogens is 424 g/mol. The number of aromatic hydroxyl groups is 1. The number of hydrazone groups is 1. The first-order valence-electron chi connectivity index (χ1n) is 9.31.